The molecule has 1 aromatic carbocycles. The molecule has 0 bridgehead atoms. The molecule has 1 saturated carbocycles. The van der Waals surface area contributed by atoms with Gasteiger partial charge in [0, 0.05) is 11.1 Å². The van der Waals surface area contributed by atoms with E-state index in [4.69, 9.17) is 16.3 Å². The van der Waals surface area contributed by atoms with Crippen LogP contribution in [-0.2, 0) is 4.79 Å². The summed E-state index contributed by atoms with van der Waals surface area (Å²) >= 11 is 5.97. The monoisotopic (exact) mass is 239 g/mol. The average Bonchev–Trinajstić information content (AvgIpc) is 2.98. The summed E-state index contributed by atoms with van der Waals surface area (Å²) in [6, 6.07) is 5.23. The number of anilines is 1. The number of nitrogens with one attached hydrogen (secondary N) is 1. The van der Waals surface area contributed by atoms with Crippen molar-refractivity contribution in [1.29, 1.82) is 0 Å². The molecule has 1 aliphatic rings. The average molecular weight is 240 g/mol. The van der Waals surface area contributed by atoms with Crippen LogP contribution in [0, 0.1) is 5.41 Å². The molecule has 0 aliphatic heterocycles. The van der Waals surface area contributed by atoms with E-state index in [9.17, 15) is 4.79 Å². The second-order valence-corrected chi connectivity index (χ2v) is 4.77. The van der Waals surface area contributed by atoms with Crippen molar-refractivity contribution in [1.82, 2.24) is 0 Å². The van der Waals surface area contributed by atoms with Crippen LogP contribution in [0.5, 0.6) is 5.75 Å². The Kier molecular flexibility index (Phi) is 2.80. The van der Waals surface area contributed by atoms with E-state index in [0.29, 0.717) is 16.5 Å². The summed E-state index contributed by atoms with van der Waals surface area (Å²) in [5.41, 5.74) is 0.538. The normalized spacial score (nSPS) is 16.7. The molecule has 86 valence electrons. The summed E-state index contributed by atoms with van der Waals surface area (Å²) in [5.74, 6) is 0.672. The van der Waals surface area contributed by atoms with E-state index < -0.39 is 0 Å². The molecule has 1 N–H and O–H groups in total. The number of amides is 1. The van der Waals surface area contributed by atoms with E-state index in [-0.39, 0.29) is 11.3 Å². The van der Waals surface area contributed by atoms with Crippen LogP contribution >= 0.6 is 11.6 Å². The fraction of sp³-hybridized carbons (Fsp3) is 0.417. The molecule has 0 radical (unpaired) electrons. The van der Waals surface area contributed by atoms with Gasteiger partial charge in [-0.1, -0.05) is 18.5 Å². The minimum Gasteiger partial charge on any atom is -0.495 e. The first-order valence-electron chi connectivity index (χ1n) is 5.20. The van der Waals surface area contributed by atoms with E-state index >= 15 is 0 Å². The lowest BCUT2D eigenvalue weighted by Crippen LogP contribution is -2.21. The lowest BCUT2D eigenvalue weighted by atomic mass is 10.1. The summed E-state index contributed by atoms with van der Waals surface area (Å²) in [6.45, 7) is 1.97. The van der Waals surface area contributed by atoms with Gasteiger partial charge in [0.05, 0.1) is 12.1 Å². The Bertz CT molecular complexity index is 427. The van der Waals surface area contributed by atoms with E-state index in [2.05, 4.69) is 5.32 Å². The summed E-state index contributed by atoms with van der Waals surface area (Å²) < 4.78 is 5.04. The number of hydrogen-bond donors (Lipinski definition) is 1. The third-order valence-electron chi connectivity index (χ3n) is 2.96. The van der Waals surface area contributed by atoms with Gasteiger partial charge in [-0.3, -0.25) is 4.79 Å². The standard InChI is InChI=1S/C12H14ClNO2/c1-12(5-6-12)11(15)14-8-3-4-10(16-2)9(13)7-8/h3-4,7H,5-6H2,1-2H3,(H,14,15). The molecule has 16 heavy (non-hydrogen) atoms. The Hall–Kier alpha value is -1.22. The molecule has 0 unspecified atom stereocenters. The van der Waals surface area contributed by atoms with Crippen molar-refractivity contribution >= 4 is 23.2 Å². The summed E-state index contributed by atoms with van der Waals surface area (Å²) in [5, 5.41) is 3.36. The summed E-state index contributed by atoms with van der Waals surface area (Å²) in [4.78, 5) is 11.8. The highest BCUT2D eigenvalue weighted by Gasteiger charge is 2.44. The molecule has 3 nitrogen and oxygen atoms in total. The Morgan fingerprint density at radius 2 is 2.19 bits per heavy atom. The van der Waals surface area contributed by atoms with E-state index in [1.54, 1.807) is 25.3 Å². The van der Waals surface area contributed by atoms with Crippen molar-refractivity contribution in [3.8, 4) is 5.75 Å². The Balaban J connectivity index is 2.10. The van der Waals surface area contributed by atoms with Crippen LogP contribution in [0.1, 0.15) is 19.8 Å². The minimum atomic E-state index is -0.174. The molecule has 0 heterocycles. The fourth-order valence-corrected chi connectivity index (χ4v) is 1.70. The van der Waals surface area contributed by atoms with E-state index in [1.807, 2.05) is 6.92 Å². The minimum absolute atomic E-state index is 0.0636. The van der Waals surface area contributed by atoms with Crippen molar-refractivity contribution in [3.63, 3.8) is 0 Å². The number of carbonyl (C=O) groups is 1. The topological polar surface area (TPSA) is 38.3 Å². The predicted molar refractivity (Wildman–Crippen MR) is 64.0 cm³/mol. The SMILES string of the molecule is COc1ccc(NC(=O)C2(C)CC2)cc1Cl. The van der Waals surface area contributed by atoms with Crippen molar-refractivity contribution in [3.05, 3.63) is 23.2 Å². The van der Waals surface area contributed by atoms with Crippen molar-refractivity contribution < 1.29 is 9.53 Å². The number of benzene rings is 1. The van der Waals surface area contributed by atoms with Crippen LogP contribution in [0.25, 0.3) is 0 Å². The summed E-state index contributed by atoms with van der Waals surface area (Å²) in [7, 11) is 1.56. The van der Waals surface area contributed by atoms with Crippen LogP contribution < -0.4 is 10.1 Å². The number of rotatable bonds is 3. The van der Waals surface area contributed by atoms with Crippen molar-refractivity contribution in [2.24, 2.45) is 5.41 Å². The van der Waals surface area contributed by atoms with E-state index in [0.717, 1.165) is 12.8 Å². The highest BCUT2D eigenvalue weighted by atomic mass is 35.5. The third kappa shape index (κ3) is 2.14. The lowest BCUT2D eigenvalue weighted by molar-refractivity contribution is -0.120. The summed E-state index contributed by atoms with van der Waals surface area (Å²) in [6.07, 6.45) is 1.92. The zero-order valence-corrected chi connectivity index (χ0v) is 10.1. The molecular weight excluding hydrogens is 226 g/mol. The Morgan fingerprint density at radius 3 is 2.69 bits per heavy atom. The molecule has 1 aliphatic carbocycles. The molecule has 1 fully saturated rings. The van der Waals surface area contributed by atoms with Gasteiger partial charge in [0.15, 0.2) is 0 Å². The van der Waals surface area contributed by atoms with Crippen molar-refractivity contribution in [2.75, 3.05) is 12.4 Å². The highest BCUT2D eigenvalue weighted by molar-refractivity contribution is 6.32. The molecule has 4 heteroatoms. The van der Waals surface area contributed by atoms with Crippen LogP contribution in [0.15, 0.2) is 18.2 Å². The van der Waals surface area contributed by atoms with Gasteiger partial charge >= 0.3 is 0 Å². The van der Waals surface area contributed by atoms with E-state index in [1.165, 1.54) is 0 Å². The van der Waals surface area contributed by atoms with Gasteiger partial charge in [0.2, 0.25) is 5.91 Å². The second-order valence-electron chi connectivity index (χ2n) is 4.36. The Morgan fingerprint density at radius 1 is 1.50 bits per heavy atom. The smallest absolute Gasteiger partial charge is 0.230 e. The van der Waals surface area contributed by atoms with Gasteiger partial charge < -0.3 is 10.1 Å². The largest absolute Gasteiger partial charge is 0.495 e. The molecule has 1 amide bonds. The highest BCUT2D eigenvalue weighted by Crippen LogP contribution is 2.45. The van der Waals surface area contributed by atoms with Gasteiger partial charge in [-0.15, -0.1) is 0 Å². The molecule has 0 aromatic heterocycles. The van der Waals surface area contributed by atoms with Gasteiger partial charge in [0.1, 0.15) is 5.75 Å². The van der Waals surface area contributed by atoms with Gasteiger partial charge in [0.25, 0.3) is 0 Å². The number of ether oxygens (including phenoxy) is 1. The van der Waals surface area contributed by atoms with Gasteiger partial charge in [-0.25, -0.2) is 0 Å². The maximum Gasteiger partial charge on any atom is 0.230 e. The van der Waals surface area contributed by atoms with Crippen LogP contribution in [0.3, 0.4) is 0 Å². The first kappa shape index (κ1) is 11.3. The van der Waals surface area contributed by atoms with Gasteiger partial charge in [-0.2, -0.15) is 0 Å². The van der Waals surface area contributed by atoms with Gasteiger partial charge in [-0.05, 0) is 31.0 Å². The maximum atomic E-state index is 11.8. The predicted octanol–water partition coefficient (Wildman–Crippen LogP) is 3.09. The molecule has 0 atom stereocenters. The third-order valence-corrected chi connectivity index (χ3v) is 3.25. The number of hydrogen-bond acceptors (Lipinski definition) is 2. The molecule has 1 aromatic rings. The zero-order chi connectivity index (χ0) is 11.8. The first-order valence-corrected chi connectivity index (χ1v) is 5.58. The Labute approximate surface area is 99.7 Å². The lowest BCUT2D eigenvalue weighted by Gasteiger charge is -2.11. The number of methoxy groups -OCH3 is 1. The zero-order valence-electron chi connectivity index (χ0n) is 9.34. The molecule has 2 rings (SSSR count). The molecule has 0 saturated heterocycles. The maximum absolute atomic E-state index is 11.8. The van der Waals surface area contributed by atoms with Crippen LogP contribution in [0.2, 0.25) is 5.02 Å². The van der Waals surface area contributed by atoms with Crippen LogP contribution in [0.4, 0.5) is 5.69 Å². The fourth-order valence-electron chi connectivity index (χ4n) is 1.44. The number of carbonyl (C=O) groups excluding carboxylic acids is 1. The number of halogens is 1. The second kappa shape index (κ2) is 3.98. The first-order chi connectivity index (χ1) is 7.55. The molecular formula is C12H14ClNO2. The quantitative estimate of drug-likeness (QED) is 0.880. The molecule has 0 spiro atoms. The van der Waals surface area contributed by atoms with Crippen LogP contribution in [-0.4, -0.2) is 13.0 Å². The van der Waals surface area contributed by atoms with Crippen molar-refractivity contribution in [2.45, 2.75) is 19.8 Å².